The van der Waals surface area contributed by atoms with E-state index in [1.807, 2.05) is 6.07 Å². The Morgan fingerprint density at radius 1 is 1.27 bits per heavy atom. The number of para-hydroxylation sites is 2. The van der Waals surface area contributed by atoms with Gasteiger partial charge in [-0.3, -0.25) is 14.9 Å². The molecular formula is C13H9N5O3S. The zero-order valence-corrected chi connectivity index (χ0v) is 11.9. The highest BCUT2D eigenvalue weighted by atomic mass is 32.1. The second kappa shape index (κ2) is 5.74. The van der Waals surface area contributed by atoms with E-state index < -0.39 is 10.8 Å². The van der Waals surface area contributed by atoms with Crippen LogP contribution >= 0.6 is 11.3 Å². The van der Waals surface area contributed by atoms with Gasteiger partial charge in [0, 0.05) is 6.07 Å². The van der Waals surface area contributed by atoms with Gasteiger partial charge in [0.05, 0.1) is 33.6 Å². The maximum absolute atomic E-state index is 12.2. The lowest BCUT2D eigenvalue weighted by atomic mass is 10.2. The van der Waals surface area contributed by atoms with E-state index in [2.05, 4.69) is 15.6 Å². The Morgan fingerprint density at radius 3 is 2.77 bits per heavy atom. The lowest BCUT2D eigenvalue weighted by Crippen LogP contribution is -2.12. The van der Waals surface area contributed by atoms with Crippen molar-refractivity contribution in [3.05, 3.63) is 63.8 Å². The molecule has 3 aromatic rings. The molecule has 0 radical (unpaired) electrons. The van der Waals surface area contributed by atoms with Gasteiger partial charge in [-0.25, -0.2) is 4.68 Å². The van der Waals surface area contributed by atoms with Crippen LogP contribution in [0.5, 0.6) is 0 Å². The van der Waals surface area contributed by atoms with E-state index in [4.69, 9.17) is 0 Å². The molecule has 1 aromatic carbocycles. The van der Waals surface area contributed by atoms with Gasteiger partial charge in [0.1, 0.15) is 0 Å². The number of aromatic nitrogens is 3. The number of carbonyl (C=O) groups is 1. The van der Waals surface area contributed by atoms with Crippen molar-refractivity contribution < 1.29 is 9.72 Å². The van der Waals surface area contributed by atoms with Crippen LogP contribution in [0, 0.1) is 10.1 Å². The summed E-state index contributed by atoms with van der Waals surface area (Å²) in [7, 11) is 0. The summed E-state index contributed by atoms with van der Waals surface area (Å²) in [5.74, 6) is -0.411. The third-order valence-corrected chi connectivity index (χ3v) is 3.85. The van der Waals surface area contributed by atoms with Crippen LogP contribution in [0.1, 0.15) is 9.67 Å². The Hall–Kier alpha value is -3.07. The number of nitrogens with zero attached hydrogens (tertiary/aromatic N) is 4. The van der Waals surface area contributed by atoms with E-state index in [9.17, 15) is 14.9 Å². The van der Waals surface area contributed by atoms with E-state index in [-0.39, 0.29) is 9.88 Å². The van der Waals surface area contributed by atoms with Gasteiger partial charge in [0.15, 0.2) is 0 Å². The second-order valence-corrected chi connectivity index (χ2v) is 5.28. The summed E-state index contributed by atoms with van der Waals surface area (Å²) in [5, 5.41) is 20.9. The number of carbonyl (C=O) groups excluding carboxylic acids is 1. The van der Waals surface area contributed by atoms with Gasteiger partial charge in [0.25, 0.3) is 5.91 Å². The molecular weight excluding hydrogens is 306 g/mol. The molecule has 110 valence electrons. The second-order valence-electron chi connectivity index (χ2n) is 4.21. The molecule has 0 aliphatic heterocycles. The Bertz CT molecular complexity index is 828. The zero-order valence-electron chi connectivity index (χ0n) is 11.0. The van der Waals surface area contributed by atoms with E-state index in [0.717, 1.165) is 11.3 Å². The fraction of sp³-hybridized carbons (Fsp3) is 0. The minimum atomic E-state index is -0.523. The highest BCUT2D eigenvalue weighted by Gasteiger charge is 2.16. The van der Waals surface area contributed by atoms with Crippen LogP contribution in [0.4, 0.5) is 10.7 Å². The van der Waals surface area contributed by atoms with Crippen molar-refractivity contribution >= 4 is 27.9 Å². The molecule has 1 N–H and O–H groups in total. The molecule has 1 amide bonds. The molecule has 3 rings (SSSR count). The average Bonchev–Trinajstić information content (AvgIpc) is 3.19. The Kier molecular flexibility index (Phi) is 3.62. The maximum Gasteiger partial charge on any atom is 0.324 e. The van der Waals surface area contributed by atoms with Crippen LogP contribution in [0.3, 0.4) is 0 Å². The summed E-state index contributed by atoms with van der Waals surface area (Å²) < 4.78 is 1.52. The molecule has 0 spiro atoms. The molecule has 0 aliphatic rings. The predicted molar refractivity (Wildman–Crippen MR) is 80.3 cm³/mol. The number of benzene rings is 1. The summed E-state index contributed by atoms with van der Waals surface area (Å²) in [6.45, 7) is 0. The molecule has 2 aromatic heterocycles. The molecule has 0 unspecified atom stereocenters. The maximum atomic E-state index is 12.2. The van der Waals surface area contributed by atoms with Gasteiger partial charge in [-0.05, 0) is 18.2 Å². The van der Waals surface area contributed by atoms with Crippen LogP contribution in [-0.4, -0.2) is 25.8 Å². The highest BCUT2D eigenvalue weighted by Crippen LogP contribution is 2.26. The third kappa shape index (κ3) is 2.69. The number of hydrogen-bond acceptors (Lipinski definition) is 6. The van der Waals surface area contributed by atoms with Gasteiger partial charge in [-0.1, -0.05) is 28.7 Å². The standard InChI is InChI=1S/C13H9N5O3S/c19-13(11-5-6-12(22-11)18(20)21)15-9-3-1-2-4-10(9)17-8-7-14-16-17/h1-8H,(H,15,19). The number of anilines is 1. The van der Waals surface area contributed by atoms with Gasteiger partial charge >= 0.3 is 5.00 Å². The van der Waals surface area contributed by atoms with Gasteiger partial charge < -0.3 is 5.32 Å². The van der Waals surface area contributed by atoms with Crippen molar-refractivity contribution in [3.8, 4) is 5.69 Å². The fourth-order valence-corrected chi connectivity index (χ4v) is 2.56. The first-order valence-electron chi connectivity index (χ1n) is 6.16. The van der Waals surface area contributed by atoms with Crippen molar-refractivity contribution in [1.29, 1.82) is 0 Å². The molecule has 0 aliphatic carbocycles. The Morgan fingerprint density at radius 2 is 2.09 bits per heavy atom. The average molecular weight is 315 g/mol. The number of nitrogens with one attached hydrogen (secondary N) is 1. The predicted octanol–water partition coefficient (Wildman–Crippen LogP) is 2.49. The summed E-state index contributed by atoms with van der Waals surface area (Å²) in [6.07, 6.45) is 3.18. The van der Waals surface area contributed by atoms with E-state index in [1.54, 1.807) is 24.4 Å². The lowest BCUT2D eigenvalue weighted by Gasteiger charge is -2.09. The number of hydrogen-bond donors (Lipinski definition) is 1. The molecule has 9 heteroatoms. The van der Waals surface area contributed by atoms with Gasteiger partial charge in [0.2, 0.25) is 0 Å². The zero-order chi connectivity index (χ0) is 15.5. The topological polar surface area (TPSA) is 103 Å². The van der Waals surface area contributed by atoms with Crippen molar-refractivity contribution in [2.24, 2.45) is 0 Å². The fourth-order valence-electron chi connectivity index (χ4n) is 1.85. The van der Waals surface area contributed by atoms with Gasteiger partial charge in [-0.2, -0.15) is 0 Å². The smallest absolute Gasteiger partial charge is 0.319 e. The van der Waals surface area contributed by atoms with Crippen LogP contribution in [0.25, 0.3) is 5.69 Å². The van der Waals surface area contributed by atoms with Gasteiger partial charge in [-0.15, -0.1) is 5.10 Å². The first-order valence-corrected chi connectivity index (χ1v) is 6.98. The minimum Gasteiger partial charge on any atom is -0.319 e. The SMILES string of the molecule is O=C(Nc1ccccc1-n1ccnn1)c1ccc([N+](=O)[O-])s1. The van der Waals surface area contributed by atoms with E-state index in [0.29, 0.717) is 11.4 Å². The largest absolute Gasteiger partial charge is 0.324 e. The molecule has 0 saturated carbocycles. The number of amides is 1. The van der Waals surface area contributed by atoms with Crippen molar-refractivity contribution in [2.45, 2.75) is 0 Å². The molecule has 8 nitrogen and oxygen atoms in total. The van der Waals surface area contributed by atoms with Crippen LogP contribution < -0.4 is 5.32 Å². The normalized spacial score (nSPS) is 10.4. The summed E-state index contributed by atoms with van der Waals surface area (Å²) in [5.41, 5.74) is 1.19. The van der Waals surface area contributed by atoms with Crippen molar-refractivity contribution in [1.82, 2.24) is 15.0 Å². The van der Waals surface area contributed by atoms with E-state index in [1.165, 1.54) is 23.0 Å². The molecule has 0 atom stereocenters. The number of thiophene rings is 1. The molecule has 0 saturated heterocycles. The Labute approximate surface area is 128 Å². The first-order chi connectivity index (χ1) is 10.6. The van der Waals surface area contributed by atoms with Crippen molar-refractivity contribution in [3.63, 3.8) is 0 Å². The first kappa shape index (κ1) is 13.9. The summed E-state index contributed by atoms with van der Waals surface area (Å²) >= 11 is 0.826. The molecule has 0 bridgehead atoms. The monoisotopic (exact) mass is 315 g/mol. The number of nitro groups is 1. The minimum absolute atomic E-state index is 0.0743. The quantitative estimate of drug-likeness (QED) is 0.588. The van der Waals surface area contributed by atoms with Crippen LogP contribution in [0.15, 0.2) is 48.8 Å². The summed E-state index contributed by atoms with van der Waals surface area (Å²) in [4.78, 5) is 22.6. The van der Waals surface area contributed by atoms with E-state index >= 15 is 0 Å². The van der Waals surface area contributed by atoms with Crippen LogP contribution in [-0.2, 0) is 0 Å². The lowest BCUT2D eigenvalue weighted by molar-refractivity contribution is -0.380. The highest BCUT2D eigenvalue weighted by molar-refractivity contribution is 7.17. The van der Waals surface area contributed by atoms with Crippen LogP contribution in [0.2, 0.25) is 0 Å². The molecule has 0 fully saturated rings. The third-order valence-electron chi connectivity index (χ3n) is 2.82. The summed E-state index contributed by atoms with van der Waals surface area (Å²) in [6, 6.07) is 9.81. The van der Waals surface area contributed by atoms with Crippen molar-refractivity contribution in [2.75, 3.05) is 5.32 Å². The molecule has 22 heavy (non-hydrogen) atoms. The Balaban J connectivity index is 1.87. The molecule has 2 heterocycles. The number of rotatable bonds is 4.